The van der Waals surface area contributed by atoms with Gasteiger partial charge in [-0.15, -0.1) is 11.3 Å². The Morgan fingerprint density at radius 2 is 2.29 bits per heavy atom. The molecule has 0 atom stereocenters. The highest BCUT2D eigenvalue weighted by Crippen LogP contribution is 2.13. The molecule has 0 aromatic carbocycles. The van der Waals surface area contributed by atoms with Gasteiger partial charge in [0.1, 0.15) is 10.8 Å². The lowest BCUT2D eigenvalue weighted by atomic mass is 10.5. The maximum Gasteiger partial charge on any atom is 0.156 e. The summed E-state index contributed by atoms with van der Waals surface area (Å²) in [5.74, 6) is 0.202. The van der Waals surface area contributed by atoms with Crippen LogP contribution in [0.25, 0.3) is 0 Å². The number of nitrogens with two attached hydrogens (primary N) is 1. The molecule has 0 unspecified atom stereocenters. The average Bonchev–Trinajstić information content (AvgIpc) is 2.47. The maximum atomic E-state index is 11.5. The van der Waals surface area contributed by atoms with Crippen LogP contribution in [0.2, 0.25) is 0 Å². The predicted octanol–water partition coefficient (Wildman–Crippen LogP) is 0.715. The van der Waals surface area contributed by atoms with Gasteiger partial charge in [0.25, 0.3) is 0 Å². The van der Waals surface area contributed by atoms with E-state index in [1.54, 1.807) is 0 Å². The summed E-state index contributed by atoms with van der Waals surface area (Å²) < 4.78 is 23.0. The molecule has 0 saturated heterocycles. The summed E-state index contributed by atoms with van der Waals surface area (Å²) in [6, 6.07) is 0. The van der Waals surface area contributed by atoms with Crippen molar-refractivity contribution < 1.29 is 8.42 Å². The molecule has 0 spiro atoms. The third-order valence-corrected chi connectivity index (χ3v) is 4.44. The molecule has 0 bridgehead atoms. The molecule has 1 aromatic heterocycles. The molecule has 1 rings (SSSR count). The second kappa shape index (κ2) is 4.86. The smallest absolute Gasteiger partial charge is 0.156 e. The van der Waals surface area contributed by atoms with Crippen LogP contribution in [0.3, 0.4) is 0 Å². The van der Waals surface area contributed by atoms with Gasteiger partial charge in [0.2, 0.25) is 0 Å². The van der Waals surface area contributed by atoms with Crippen molar-refractivity contribution in [1.29, 1.82) is 0 Å². The first-order valence-electron chi connectivity index (χ1n) is 4.35. The normalized spacial score (nSPS) is 11.9. The van der Waals surface area contributed by atoms with Crippen LogP contribution in [0, 0.1) is 6.92 Å². The van der Waals surface area contributed by atoms with E-state index in [0.29, 0.717) is 18.0 Å². The highest BCUT2D eigenvalue weighted by atomic mass is 32.2. The number of thiazole rings is 1. The van der Waals surface area contributed by atoms with E-state index in [4.69, 9.17) is 5.73 Å². The maximum absolute atomic E-state index is 11.5. The van der Waals surface area contributed by atoms with Gasteiger partial charge < -0.3 is 5.73 Å². The molecular weight excluding hydrogens is 220 g/mol. The van der Waals surface area contributed by atoms with Crippen LogP contribution in [0.4, 0.5) is 0 Å². The number of aromatic nitrogens is 1. The molecule has 1 heterocycles. The molecule has 4 nitrogen and oxygen atoms in total. The molecule has 6 heteroatoms. The number of nitrogens with zero attached hydrogens (tertiary/aromatic N) is 1. The fraction of sp³-hybridized carbons (Fsp3) is 0.625. The lowest BCUT2D eigenvalue weighted by Crippen LogP contribution is -2.13. The van der Waals surface area contributed by atoms with E-state index in [2.05, 4.69) is 4.98 Å². The first-order valence-corrected chi connectivity index (χ1v) is 7.05. The fourth-order valence-electron chi connectivity index (χ4n) is 1.03. The Balaban J connectivity index is 2.59. The van der Waals surface area contributed by atoms with Crippen molar-refractivity contribution in [3.8, 4) is 0 Å². The molecule has 0 amide bonds. The number of hydrogen-bond donors (Lipinski definition) is 1. The number of aryl methyl sites for hydroxylation is 1. The predicted molar refractivity (Wildman–Crippen MR) is 58.0 cm³/mol. The third kappa shape index (κ3) is 3.73. The Hall–Kier alpha value is -0.460. The molecule has 80 valence electrons. The lowest BCUT2D eigenvalue weighted by Gasteiger charge is -1.99. The molecular formula is C8H14N2O2S2. The standard InChI is InChI=1S/C8H14N2O2S2/c1-7-5-13-8(10-7)6-14(11,12)4-2-3-9/h5H,2-4,6,9H2,1H3. The van der Waals surface area contributed by atoms with Crippen LogP contribution in [-0.4, -0.2) is 25.7 Å². The molecule has 0 radical (unpaired) electrons. The van der Waals surface area contributed by atoms with Gasteiger partial charge >= 0.3 is 0 Å². The zero-order chi connectivity index (χ0) is 10.6. The van der Waals surface area contributed by atoms with Gasteiger partial charge in [-0.1, -0.05) is 0 Å². The minimum atomic E-state index is -3.02. The first-order chi connectivity index (χ1) is 6.53. The van der Waals surface area contributed by atoms with E-state index in [-0.39, 0.29) is 11.5 Å². The Labute approximate surface area is 88.1 Å². The number of sulfone groups is 1. The highest BCUT2D eigenvalue weighted by Gasteiger charge is 2.13. The van der Waals surface area contributed by atoms with E-state index in [1.807, 2.05) is 12.3 Å². The van der Waals surface area contributed by atoms with Gasteiger partial charge in [0.15, 0.2) is 9.84 Å². The average molecular weight is 234 g/mol. The third-order valence-electron chi connectivity index (χ3n) is 1.67. The summed E-state index contributed by atoms with van der Waals surface area (Å²) in [5, 5.41) is 2.52. The number of rotatable bonds is 5. The Morgan fingerprint density at radius 1 is 1.57 bits per heavy atom. The Morgan fingerprint density at radius 3 is 2.79 bits per heavy atom. The molecule has 0 aliphatic heterocycles. The summed E-state index contributed by atoms with van der Waals surface area (Å²) >= 11 is 1.39. The summed E-state index contributed by atoms with van der Waals surface area (Å²) in [5.41, 5.74) is 6.13. The van der Waals surface area contributed by atoms with Crippen molar-refractivity contribution >= 4 is 21.2 Å². The second-order valence-corrected chi connectivity index (χ2v) is 6.24. The Kier molecular flexibility index (Phi) is 4.03. The van der Waals surface area contributed by atoms with Crippen LogP contribution < -0.4 is 5.73 Å². The van der Waals surface area contributed by atoms with E-state index in [9.17, 15) is 8.42 Å². The number of hydrogen-bond acceptors (Lipinski definition) is 5. The minimum Gasteiger partial charge on any atom is -0.330 e. The quantitative estimate of drug-likeness (QED) is 0.814. The first kappa shape index (κ1) is 11.6. The van der Waals surface area contributed by atoms with Crippen molar-refractivity contribution in [2.75, 3.05) is 12.3 Å². The van der Waals surface area contributed by atoms with Crippen LogP contribution in [0.1, 0.15) is 17.1 Å². The van der Waals surface area contributed by atoms with Crippen LogP contribution in [0.15, 0.2) is 5.38 Å². The molecule has 2 N–H and O–H groups in total. The van der Waals surface area contributed by atoms with E-state index in [0.717, 1.165) is 5.69 Å². The van der Waals surface area contributed by atoms with Crippen molar-refractivity contribution in [3.63, 3.8) is 0 Å². The van der Waals surface area contributed by atoms with E-state index in [1.165, 1.54) is 11.3 Å². The molecule has 14 heavy (non-hydrogen) atoms. The zero-order valence-corrected chi connectivity index (χ0v) is 9.70. The van der Waals surface area contributed by atoms with Gasteiger partial charge in [-0.3, -0.25) is 0 Å². The SMILES string of the molecule is Cc1csc(CS(=O)(=O)CCCN)n1. The van der Waals surface area contributed by atoms with Crippen LogP contribution in [-0.2, 0) is 15.6 Å². The largest absolute Gasteiger partial charge is 0.330 e. The van der Waals surface area contributed by atoms with Gasteiger partial charge in [0.05, 0.1) is 5.75 Å². The summed E-state index contributed by atoms with van der Waals surface area (Å²) in [6.07, 6.45) is 0.521. The highest BCUT2D eigenvalue weighted by molar-refractivity contribution is 7.90. The second-order valence-electron chi connectivity index (χ2n) is 3.12. The molecule has 0 fully saturated rings. The fourth-order valence-corrected chi connectivity index (χ4v) is 3.59. The van der Waals surface area contributed by atoms with Crippen molar-refractivity contribution in [2.24, 2.45) is 5.73 Å². The summed E-state index contributed by atoms with van der Waals surface area (Å²) in [7, 11) is -3.02. The molecule has 1 aromatic rings. The van der Waals surface area contributed by atoms with Crippen LogP contribution >= 0.6 is 11.3 Å². The molecule has 0 saturated carbocycles. The molecule has 0 aliphatic carbocycles. The van der Waals surface area contributed by atoms with Gasteiger partial charge in [-0.25, -0.2) is 13.4 Å². The van der Waals surface area contributed by atoms with Gasteiger partial charge in [-0.2, -0.15) is 0 Å². The monoisotopic (exact) mass is 234 g/mol. The van der Waals surface area contributed by atoms with Crippen molar-refractivity contribution in [1.82, 2.24) is 4.98 Å². The summed E-state index contributed by atoms with van der Waals surface area (Å²) in [6.45, 7) is 2.27. The molecule has 0 aliphatic rings. The van der Waals surface area contributed by atoms with Crippen molar-refractivity contribution in [2.45, 2.75) is 19.1 Å². The Bertz CT molecular complexity index is 384. The van der Waals surface area contributed by atoms with E-state index < -0.39 is 9.84 Å². The van der Waals surface area contributed by atoms with Crippen LogP contribution in [0.5, 0.6) is 0 Å². The topological polar surface area (TPSA) is 73.0 Å². The lowest BCUT2D eigenvalue weighted by molar-refractivity contribution is 0.592. The minimum absolute atomic E-state index is 0.0471. The zero-order valence-electron chi connectivity index (χ0n) is 8.06. The van der Waals surface area contributed by atoms with Crippen molar-refractivity contribution in [3.05, 3.63) is 16.1 Å². The van der Waals surface area contributed by atoms with Gasteiger partial charge in [0, 0.05) is 11.1 Å². The summed E-state index contributed by atoms with van der Waals surface area (Å²) in [4.78, 5) is 4.11. The van der Waals surface area contributed by atoms with E-state index >= 15 is 0 Å². The van der Waals surface area contributed by atoms with Gasteiger partial charge in [-0.05, 0) is 19.9 Å².